The molecule has 0 bridgehead atoms. The molecule has 1 amide bonds. The lowest BCUT2D eigenvalue weighted by molar-refractivity contribution is -0.124. The Balaban J connectivity index is 2.33. The SMILES string of the molecule is CCC(C)(C)NC(=O)CN1CCN(C(C)C#N)CC1. The highest BCUT2D eigenvalue weighted by molar-refractivity contribution is 5.78. The van der Waals surface area contributed by atoms with Gasteiger partial charge in [-0.1, -0.05) is 6.92 Å². The maximum absolute atomic E-state index is 11.9. The van der Waals surface area contributed by atoms with Crippen LogP contribution in [0.5, 0.6) is 0 Å². The van der Waals surface area contributed by atoms with Gasteiger partial charge in [0, 0.05) is 31.7 Å². The smallest absolute Gasteiger partial charge is 0.234 e. The maximum atomic E-state index is 11.9. The molecule has 1 aliphatic rings. The summed E-state index contributed by atoms with van der Waals surface area (Å²) in [6.07, 6.45) is 0.923. The minimum absolute atomic E-state index is 0.0324. The van der Waals surface area contributed by atoms with Crippen molar-refractivity contribution in [3.05, 3.63) is 0 Å². The molecule has 1 aliphatic heterocycles. The van der Waals surface area contributed by atoms with Crippen molar-refractivity contribution in [3.63, 3.8) is 0 Å². The van der Waals surface area contributed by atoms with Gasteiger partial charge in [-0.3, -0.25) is 14.6 Å². The van der Waals surface area contributed by atoms with Crippen LogP contribution in [0.25, 0.3) is 0 Å². The summed E-state index contributed by atoms with van der Waals surface area (Å²) in [5.74, 6) is 0.0913. The Labute approximate surface area is 116 Å². The van der Waals surface area contributed by atoms with Gasteiger partial charge >= 0.3 is 0 Å². The van der Waals surface area contributed by atoms with Gasteiger partial charge in [-0.15, -0.1) is 0 Å². The highest BCUT2D eigenvalue weighted by atomic mass is 16.2. The van der Waals surface area contributed by atoms with Crippen molar-refractivity contribution < 1.29 is 4.79 Å². The molecule has 0 aromatic rings. The molecule has 1 heterocycles. The molecule has 0 aromatic carbocycles. The molecule has 1 unspecified atom stereocenters. The number of rotatable bonds is 5. The van der Waals surface area contributed by atoms with Gasteiger partial charge in [0.15, 0.2) is 0 Å². The number of nitrogens with one attached hydrogen (secondary N) is 1. The summed E-state index contributed by atoms with van der Waals surface area (Å²) in [7, 11) is 0. The Morgan fingerprint density at radius 3 is 2.42 bits per heavy atom. The van der Waals surface area contributed by atoms with E-state index in [0.717, 1.165) is 32.6 Å². The van der Waals surface area contributed by atoms with E-state index in [9.17, 15) is 4.79 Å². The first-order valence-electron chi connectivity index (χ1n) is 7.05. The predicted molar refractivity (Wildman–Crippen MR) is 75.6 cm³/mol. The van der Waals surface area contributed by atoms with Crippen LogP contribution < -0.4 is 5.32 Å². The van der Waals surface area contributed by atoms with Crippen LogP contribution in [-0.2, 0) is 4.79 Å². The van der Waals surface area contributed by atoms with E-state index in [4.69, 9.17) is 5.26 Å². The van der Waals surface area contributed by atoms with Gasteiger partial charge in [0.05, 0.1) is 18.7 Å². The average molecular weight is 266 g/mol. The van der Waals surface area contributed by atoms with Gasteiger partial charge in [0.2, 0.25) is 5.91 Å². The van der Waals surface area contributed by atoms with Crippen molar-refractivity contribution in [2.24, 2.45) is 0 Å². The summed E-state index contributed by atoms with van der Waals surface area (Å²) in [6, 6.07) is 2.22. The fraction of sp³-hybridized carbons (Fsp3) is 0.857. The van der Waals surface area contributed by atoms with Gasteiger partial charge < -0.3 is 5.32 Å². The molecule has 1 rings (SSSR count). The molecule has 108 valence electrons. The first kappa shape index (κ1) is 15.9. The molecular formula is C14H26N4O. The molecule has 5 heteroatoms. The van der Waals surface area contributed by atoms with Gasteiger partial charge in [0.25, 0.3) is 0 Å². The van der Waals surface area contributed by atoms with Crippen LogP contribution in [0, 0.1) is 11.3 Å². The topological polar surface area (TPSA) is 59.4 Å². The molecule has 1 N–H and O–H groups in total. The highest BCUT2D eigenvalue weighted by Gasteiger charge is 2.24. The summed E-state index contributed by atoms with van der Waals surface area (Å²) < 4.78 is 0. The van der Waals surface area contributed by atoms with E-state index in [1.807, 2.05) is 20.8 Å². The zero-order chi connectivity index (χ0) is 14.5. The predicted octanol–water partition coefficient (Wildman–Crippen LogP) is 0.821. The molecule has 0 aliphatic carbocycles. The van der Waals surface area contributed by atoms with Crippen molar-refractivity contribution in [3.8, 4) is 6.07 Å². The van der Waals surface area contributed by atoms with Crippen LogP contribution in [0.15, 0.2) is 0 Å². The third-order valence-electron chi connectivity index (χ3n) is 3.87. The normalized spacial score (nSPS) is 19.7. The van der Waals surface area contributed by atoms with Crippen molar-refractivity contribution >= 4 is 5.91 Å². The lowest BCUT2D eigenvalue weighted by Gasteiger charge is -2.36. The molecule has 0 aromatic heterocycles. The van der Waals surface area contributed by atoms with Crippen LogP contribution in [0.4, 0.5) is 0 Å². The van der Waals surface area contributed by atoms with Gasteiger partial charge in [-0.05, 0) is 27.2 Å². The van der Waals surface area contributed by atoms with E-state index in [2.05, 4.69) is 28.1 Å². The zero-order valence-corrected chi connectivity index (χ0v) is 12.6. The van der Waals surface area contributed by atoms with Crippen LogP contribution in [-0.4, -0.2) is 60.0 Å². The summed E-state index contributed by atoms with van der Waals surface area (Å²) in [6.45, 7) is 12.0. The number of carbonyl (C=O) groups is 1. The van der Waals surface area contributed by atoms with Crippen LogP contribution in [0.2, 0.25) is 0 Å². The molecular weight excluding hydrogens is 240 g/mol. The second-order valence-corrected chi connectivity index (χ2v) is 5.90. The summed E-state index contributed by atoms with van der Waals surface area (Å²) in [5, 5.41) is 11.9. The first-order chi connectivity index (χ1) is 8.88. The Morgan fingerprint density at radius 1 is 1.37 bits per heavy atom. The van der Waals surface area contributed by atoms with Crippen LogP contribution >= 0.6 is 0 Å². The first-order valence-corrected chi connectivity index (χ1v) is 7.05. The monoisotopic (exact) mass is 266 g/mol. The average Bonchev–Trinajstić information content (AvgIpc) is 2.38. The third-order valence-corrected chi connectivity index (χ3v) is 3.87. The van der Waals surface area contributed by atoms with E-state index < -0.39 is 0 Å². The van der Waals surface area contributed by atoms with E-state index in [1.165, 1.54) is 0 Å². The number of piperazine rings is 1. The van der Waals surface area contributed by atoms with Crippen molar-refractivity contribution in [2.75, 3.05) is 32.7 Å². The number of hydrogen-bond acceptors (Lipinski definition) is 4. The Morgan fingerprint density at radius 2 is 1.95 bits per heavy atom. The Bertz CT molecular complexity index is 340. The lowest BCUT2D eigenvalue weighted by Crippen LogP contribution is -2.53. The Hall–Kier alpha value is -1.12. The van der Waals surface area contributed by atoms with E-state index in [0.29, 0.717) is 6.54 Å². The number of nitriles is 1. The molecule has 0 saturated carbocycles. The minimum Gasteiger partial charge on any atom is -0.350 e. The van der Waals surface area contributed by atoms with Gasteiger partial charge in [-0.2, -0.15) is 5.26 Å². The number of nitrogens with zero attached hydrogens (tertiary/aromatic N) is 3. The molecule has 1 saturated heterocycles. The fourth-order valence-electron chi connectivity index (χ4n) is 2.10. The quantitative estimate of drug-likeness (QED) is 0.800. The van der Waals surface area contributed by atoms with Crippen LogP contribution in [0.3, 0.4) is 0 Å². The van der Waals surface area contributed by atoms with Crippen LogP contribution in [0.1, 0.15) is 34.1 Å². The standard InChI is InChI=1S/C14H26N4O/c1-5-14(3,4)16-13(19)11-17-6-8-18(9-7-17)12(2)10-15/h12H,5-9,11H2,1-4H3,(H,16,19). The molecule has 19 heavy (non-hydrogen) atoms. The number of carbonyl (C=O) groups excluding carboxylic acids is 1. The van der Waals surface area contributed by atoms with Crippen molar-refractivity contribution in [1.29, 1.82) is 5.26 Å². The fourth-order valence-corrected chi connectivity index (χ4v) is 2.10. The Kier molecular flexibility index (Phi) is 5.77. The van der Waals surface area contributed by atoms with Crippen molar-refractivity contribution in [2.45, 2.75) is 45.7 Å². The van der Waals surface area contributed by atoms with Gasteiger partial charge in [0.1, 0.15) is 0 Å². The summed E-state index contributed by atoms with van der Waals surface area (Å²) in [5.41, 5.74) is -0.131. The number of hydrogen-bond donors (Lipinski definition) is 1. The number of amides is 1. The van der Waals surface area contributed by atoms with E-state index >= 15 is 0 Å². The van der Waals surface area contributed by atoms with E-state index in [-0.39, 0.29) is 17.5 Å². The van der Waals surface area contributed by atoms with Gasteiger partial charge in [-0.25, -0.2) is 0 Å². The maximum Gasteiger partial charge on any atom is 0.234 e. The summed E-state index contributed by atoms with van der Waals surface area (Å²) >= 11 is 0. The van der Waals surface area contributed by atoms with Crippen molar-refractivity contribution in [1.82, 2.24) is 15.1 Å². The van der Waals surface area contributed by atoms with E-state index in [1.54, 1.807) is 0 Å². The molecule has 1 fully saturated rings. The second kappa shape index (κ2) is 6.88. The summed E-state index contributed by atoms with van der Waals surface area (Å²) in [4.78, 5) is 16.3. The lowest BCUT2D eigenvalue weighted by atomic mass is 10.0. The third kappa shape index (κ3) is 5.17. The second-order valence-electron chi connectivity index (χ2n) is 5.90. The molecule has 5 nitrogen and oxygen atoms in total. The zero-order valence-electron chi connectivity index (χ0n) is 12.6. The largest absolute Gasteiger partial charge is 0.350 e. The minimum atomic E-state index is -0.131. The molecule has 0 spiro atoms. The molecule has 1 atom stereocenters. The molecule has 0 radical (unpaired) electrons. The highest BCUT2D eigenvalue weighted by Crippen LogP contribution is 2.08.